The van der Waals surface area contributed by atoms with Gasteiger partial charge >= 0.3 is 6.09 Å². The number of hydrogen-bond acceptors (Lipinski definition) is 7. The molecule has 4 aliphatic rings. The Balaban J connectivity index is 1.24. The molecule has 2 aromatic rings. The maximum absolute atomic E-state index is 13.0. The molecule has 10 heteroatoms. The van der Waals surface area contributed by atoms with Crippen LogP contribution in [-0.2, 0) is 14.2 Å². The summed E-state index contributed by atoms with van der Waals surface area (Å²) in [6, 6.07) is 2.09. The molecule has 9 nitrogen and oxygen atoms in total. The van der Waals surface area contributed by atoms with Crippen LogP contribution in [0.1, 0.15) is 72.8 Å². The molecule has 1 saturated carbocycles. The Morgan fingerprint density at radius 2 is 1.89 bits per heavy atom. The van der Waals surface area contributed by atoms with Gasteiger partial charge in [0.1, 0.15) is 28.8 Å². The van der Waals surface area contributed by atoms with E-state index in [1.165, 1.54) is 6.33 Å². The van der Waals surface area contributed by atoms with Gasteiger partial charge in [-0.2, -0.15) is 0 Å². The highest BCUT2D eigenvalue weighted by Gasteiger charge is 2.56. The van der Waals surface area contributed by atoms with E-state index in [2.05, 4.69) is 25.6 Å². The molecule has 2 aromatic heterocycles. The molecule has 5 heterocycles. The number of halogens is 1. The van der Waals surface area contributed by atoms with E-state index in [0.29, 0.717) is 11.1 Å². The second kappa shape index (κ2) is 9.32. The number of amides is 1. The van der Waals surface area contributed by atoms with Gasteiger partial charge in [-0.1, -0.05) is 11.6 Å². The van der Waals surface area contributed by atoms with Crippen LogP contribution in [0.25, 0.3) is 11.0 Å². The van der Waals surface area contributed by atoms with Crippen molar-refractivity contribution in [1.29, 1.82) is 0 Å². The van der Waals surface area contributed by atoms with Gasteiger partial charge in [0.15, 0.2) is 5.79 Å². The van der Waals surface area contributed by atoms with Gasteiger partial charge in [0.2, 0.25) is 0 Å². The normalized spacial score (nSPS) is 33.4. The summed E-state index contributed by atoms with van der Waals surface area (Å²) in [6.07, 6.45) is 8.60. The quantitative estimate of drug-likeness (QED) is 0.500. The van der Waals surface area contributed by atoms with Crippen LogP contribution in [0.15, 0.2) is 18.6 Å². The van der Waals surface area contributed by atoms with Crippen molar-refractivity contribution in [3.8, 4) is 0 Å². The molecule has 208 valence electrons. The maximum atomic E-state index is 13.0. The zero-order chi connectivity index (χ0) is 26.9. The van der Waals surface area contributed by atoms with Gasteiger partial charge in [0, 0.05) is 37.3 Å². The van der Waals surface area contributed by atoms with Crippen molar-refractivity contribution in [2.24, 2.45) is 5.92 Å². The van der Waals surface area contributed by atoms with Crippen LogP contribution in [0.2, 0.25) is 5.15 Å². The van der Waals surface area contributed by atoms with Crippen LogP contribution >= 0.6 is 11.6 Å². The van der Waals surface area contributed by atoms with E-state index in [0.717, 1.165) is 69.3 Å². The molecule has 5 atom stereocenters. The van der Waals surface area contributed by atoms with E-state index >= 15 is 0 Å². The standard InChI is InChI=1S/C28H40ClN5O4/c1-26(2,3)38-25(35)32-11-6-9-28(16-32)10-7-12-33(28)15-18-14-20(22-21(18)36-27(4,5)37-22)34-13-8-19-23(29)30-17-31-24(19)34/h8,13,17-18,20-22H,6-7,9-12,14-16H2,1-5H3/t18-,20-,21-,22+,28?/m1/s1. The molecule has 0 bridgehead atoms. The Morgan fingerprint density at radius 3 is 2.66 bits per heavy atom. The third-order valence-corrected chi connectivity index (χ3v) is 9.07. The van der Waals surface area contributed by atoms with E-state index in [9.17, 15) is 4.79 Å². The highest BCUT2D eigenvalue weighted by atomic mass is 35.5. The molecular formula is C28H40ClN5O4. The molecule has 3 saturated heterocycles. The van der Waals surface area contributed by atoms with Crippen molar-refractivity contribution in [1.82, 2.24) is 24.3 Å². The molecule has 1 spiro atoms. The lowest BCUT2D eigenvalue weighted by Gasteiger charge is -2.47. The molecule has 6 rings (SSSR count). The molecule has 1 amide bonds. The van der Waals surface area contributed by atoms with Gasteiger partial charge in [-0.25, -0.2) is 14.8 Å². The summed E-state index contributed by atoms with van der Waals surface area (Å²) in [6.45, 7) is 13.3. The lowest BCUT2D eigenvalue weighted by atomic mass is 9.85. The number of fused-ring (bicyclic) bond motifs is 2. The van der Waals surface area contributed by atoms with Crippen LogP contribution in [0, 0.1) is 5.92 Å². The number of rotatable bonds is 3. The molecule has 4 fully saturated rings. The van der Waals surface area contributed by atoms with Crippen LogP contribution in [-0.4, -0.2) is 85.7 Å². The second-order valence-corrected chi connectivity index (χ2v) is 13.4. The summed E-state index contributed by atoms with van der Waals surface area (Å²) >= 11 is 6.36. The fraction of sp³-hybridized carbons (Fsp3) is 0.750. The number of nitrogens with zero attached hydrogens (tertiary/aromatic N) is 5. The maximum Gasteiger partial charge on any atom is 0.410 e. The Kier molecular flexibility index (Phi) is 6.45. The fourth-order valence-corrected chi connectivity index (χ4v) is 7.53. The van der Waals surface area contributed by atoms with Crippen molar-refractivity contribution in [2.75, 3.05) is 26.2 Å². The highest BCUT2D eigenvalue weighted by molar-refractivity contribution is 6.33. The van der Waals surface area contributed by atoms with E-state index in [4.69, 9.17) is 25.8 Å². The molecule has 3 aliphatic heterocycles. The van der Waals surface area contributed by atoms with Crippen molar-refractivity contribution in [3.63, 3.8) is 0 Å². The fourth-order valence-electron chi connectivity index (χ4n) is 7.33. The number of carbonyl (C=O) groups is 1. The topological polar surface area (TPSA) is 82.0 Å². The van der Waals surface area contributed by atoms with Gasteiger partial charge in [-0.05, 0) is 79.3 Å². The first-order valence-corrected chi connectivity index (χ1v) is 14.4. The minimum atomic E-state index is -0.636. The first kappa shape index (κ1) is 26.3. The molecule has 0 radical (unpaired) electrons. The van der Waals surface area contributed by atoms with Gasteiger partial charge in [0.25, 0.3) is 0 Å². The summed E-state index contributed by atoms with van der Waals surface area (Å²) in [5.74, 6) is -0.337. The molecule has 1 unspecified atom stereocenters. The zero-order valence-corrected chi connectivity index (χ0v) is 23.9. The van der Waals surface area contributed by atoms with Gasteiger partial charge in [-0.15, -0.1) is 0 Å². The third-order valence-electron chi connectivity index (χ3n) is 8.77. The van der Waals surface area contributed by atoms with Crippen LogP contribution in [0.5, 0.6) is 0 Å². The van der Waals surface area contributed by atoms with Crippen LogP contribution in [0.4, 0.5) is 4.79 Å². The predicted octanol–water partition coefficient (Wildman–Crippen LogP) is 5.03. The van der Waals surface area contributed by atoms with Gasteiger partial charge in [0.05, 0.1) is 17.5 Å². The van der Waals surface area contributed by atoms with E-state index in [1.54, 1.807) is 0 Å². The summed E-state index contributed by atoms with van der Waals surface area (Å²) < 4.78 is 21.0. The van der Waals surface area contributed by atoms with Gasteiger partial charge in [-0.3, -0.25) is 4.90 Å². The number of likely N-dealkylation sites (tertiary alicyclic amines) is 2. The average molecular weight is 546 g/mol. The molecular weight excluding hydrogens is 506 g/mol. The Morgan fingerprint density at radius 1 is 1.16 bits per heavy atom. The Bertz CT molecular complexity index is 1210. The first-order valence-electron chi connectivity index (χ1n) is 14.0. The number of aromatic nitrogens is 3. The Hall–Kier alpha value is -1.94. The minimum Gasteiger partial charge on any atom is -0.444 e. The lowest BCUT2D eigenvalue weighted by molar-refractivity contribution is -0.161. The van der Waals surface area contributed by atoms with E-state index < -0.39 is 11.4 Å². The third kappa shape index (κ3) is 4.69. The first-order chi connectivity index (χ1) is 17.9. The molecule has 0 N–H and O–H groups in total. The number of ether oxygens (including phenoxy) is 3. The van der Waals surface area contributed by atoms with Gasteiger partial charge < -0.3 is 23.7 Å². The van der Waals surface area contributed by atoms with Crippen LogP contribution < -0.4 is 0 Å². The smallest absolute Gasteiger partial charge is 0.410 e. The second-order valence-electron chi connectivity index (χ2n) is 13.0. The minimum absolute atomic E-state index is 0.00138. The number of carbonyl (C=O) groups excluding carboxylic acids is 1. The van der Waals surface area contributed by atoms with Crippen LogP contribution in [0.3, 0.4) is 0 Å². The van der Waals surface area contributed by atoms with Crippen molar-refractivity contribution < 1.29 is 19.0 Å². The zero-order valence-electron chi connectivity index (χ0n) is 23.2. The molecule has 1 aliphatic carbocycles. The highest BCUT2D eigenvalue weighted by Crippen LogP contribution is 2.49. The summed E-state index contributed by atoms with van der Waals surface area (Å²) in [5.41, 5.74) is 0.342. The average Bonchev–Trinajstić information content (AvgIpc) is 3.57. The molecule has 0 aromatic carbocycles. The monoisotopic (exact) mass is 545 g/mol. The van der Waals surface area contributed by atoms with E-state index in [1.807, 2.05) is 45.6 Å². The Labute approximate surface area is 229 Å². The summed E-state index contributed by atoms with van der Waals surface area (Å²) in [7, 11) is 0. The van der Waals surface area contributed by atoms with Crippen molar-refractivity contribution in [3.05, 3.63) is 23.7 Å². The van der Waals surface area contributed by atoms with Crippen molar-refractivity contribution >= 4 is 28.7 Å². The molecule has 38 heavy (non-hydrogen) atoms. The summed E-state index contributed by atoms with van der Waals surface area (Å²) in [5, 5.41) is 1.32. The SMILES string of the molecule is CC(C)(C)OC(=O)N1CCCC2(CCCN2C[C@H]2C[C@@H](n3ccc4c(Cl)ncnc43)[C@@H]3OC(C)(C)O[C@H]23)C1. The largest absolute Gasteiger partial charge is 0.444 e. The summed E-state index contributed by atoms with van der Waals surface area (Å²) in [4.78, 5) is 26.2. The predicted molar refractivity (Wildman–Crippen MR) is 144 cm³/mol. The van der Waals surface area contributed by atoms with E-state index in [-0.39, 0.29) is 29.9 Å². The lowest BCUT2D eigenvalue weighted by Crippen LogP contribution is -2.58. The van der Waals surface area contributed by atoms with Crippen molar-refractivity contribution in [2.45, 2.75) is 102 Å². The number of hydrogen-bond donors (Lipinski definition) is 0. The number of piperidine rings is 1.